The third kappa shape index (κ3) is 2.58. The summed E-state index contributed by atoms with van der Waals surface area (Å²) in [5, 5.41) is 2.96. The van der Waals surface area contributed by atoms with Crippen LogP contribution < -0.4 is 5.32 Å². The molecule has 86 valence electrons. The minimum Gasteiger partial charge on any atom is -0.351 e. The molecule has 16 heavy (non-hydrogen) atoms. The van der Waals surface area contributed by atoms with E-state index in [1.165, 1.54) is 12.8 Å². The highest BCUT2D eigenvalue weighted by atomic mass is 79.9. The van der Waals surface area contributed by atoms with E-state index in [1.807, 2.05) is 11.8 Å². The number of rotatable bonds is 4. The molecule has 1 N–H and O–H groups in total. The molecule has 1 saturated carbocycles. The molecule has 1 amide bonds. The van der Waals surface area contributed by atoms with E-state index in [0.29, 0.717) is 14.9 Å². The van der Waals surface area contributed by atoms with Crippen LogP contribution in [0, 0.1) is 0 Å². The lowest BCUT2D eigenvalue weighted by atomic mass is 10.2. The molecule has 0 saturated heterocycles. The third-order valence-electron chi connectivity index (χ3n) is 2.82. The van der Waals surface area contributed by atoms with Crippen molar-refractivity contribution in [3.63, 3.8) is 0 Å². The van der Waals surface area contributed by atoms with Crippen LogP contribution in [0.2, 0.25) is 0 Å². The second-order valence-corrected chi connectivity index (χ2v) is 5.94. The van der Waals surface area contributed by atoms with Gasteiger partial charge in [0.05, 0.1) is 5.56 Å². The quantitative estimate of drug-likeness (QED) is 0.869. The van der Waals surface area contributed by atoms with E-state index >= 15 is 0 Å². The first-order valence-corrected chi connectivity index (χ1v) is 7.12. The maximum Gasteiger partial charge on any atom is 0.254 e. The van der Waals surface area contributed by atoms with Gasteiger partial charge in [-0.1, -0.05) is 0 Å². The van der Waals surface area contributed by atoms with Crippen LogP contribution in [0.3, 0.4) is 0 Å². The number of nitrogens with one attached hydrogen (secondary N) is 1. The Labute approximate surface area is 108 Å². The normalized spacial score (nSPS) is 16.9. The van der Waals surface area contributed by atoms with Crippen molar-refractivity contribution in [1.82, 2.24) is 10.3 Å². The lowest BCUT2D eigenvalue weighted by Gasteiger charge is -2.13. The standard InChI is InChI=1S/C11H13BrN2OS/c1-16-11(4-5-11)7-14-10(15)8-3-2-6-13-9(8)12/h2-3,6H,4-5,7H2,1H3,(H,14,15). The fraction of sp³-hybridized carbons (Fsp3) is 0.455. The minimum atomic E-state index is -0.0553. The van der Waals surface area contributed by atoms with Gasteiger partial charge in [0.1, 0.15) is 4.60 Å². The fourth-order valence-corrected chi connectivity index (χ4v) is 2.64. The fourth-order valence-electron chi connectivity index (χ4n) is 1.48. The Morgan fingerprint density at radius 3 is 3.00 bits per heavy atom. The van der Waals surface area contributed by atoms with Gasteiger partial charge in [-0.2, -0.15) is 11.8 Å². The zero-order valence-corrected chi connectivity index (χ0v) is 11.4. The predicted molar refractivity (Wildman–Crippen MR) is 69.8 cm³/mol. The van der Waals surface area contributed by atoms with Crippen molar-refractivity contribution in [2.75, 3.05) is 12.8 Å². The van der Waals surface area contributed by atoms with Gasteiger partial charge in [0.25, 0.3) is 5.91 Å². The molecule has 0 unspecified atom stereocenters. The van der Waals surface area contributed by atoms with E-state index in [-0.39, 0.29) is 5.91 Å². The van der Waals surface area contributed by atoms with E-state index in [1.54, 1.807) is 18.3 Å². The van der Waals surface area contributed by atoms with E-state index in [2.05, 4.69) is 32.5 Å². The molecule has 0 aromatic carbocycles. The van der Waals surface area contributed by atoms with Crippen molar-refractivity contribution in [1.29, 1.82) is 0 Å². The molecule has 3 nitrogen and oxygen atoms in total. The Hall–Kier alpha value is -0.550. The highest BCUT2D eigenvalue weighted by molar-refractivity contribution is 9.10. The molecule has 1 aliphatic carbocycles. The molecular weight excluding hydrogens is 288 g/mol. The topological polar surface area (TPSA) is 42.0 Å². The number of hydrogen-bond donors (Lipinski definition) is 1. The molecule has 1 aliphatic rings. The van der Waals surface area contributed by atoms with Gasteiger partial charge in [0, 0.05) is 17.5 Å². The van der Waals surface area contributed by atoms with Gasteiger partial charge in [-0.25, -0.2) is 4.98 Å². The molecular formula is C11H13BrN2OS. The highest BCUT2D eigenvalue weighted by Gasteiger charge is 2.42. The summed E-state index contributed by atoms with van der Waals surface area (Å²) in [6.07, 6.45) is 6.15. The van der Waals surface area contributed by atoms with Gasteiger partial charge >= 0.3 is 0 Å². The van der Waals surface area contributed by atoms with Crippen LogP contribution in [0.1, 0.15) is 23.2 Å². The molecule has 1 heterocycles. The average molecular weight is 301 g/mol. The van der Waals surface area contributed by atoms with Crippen LogP contribution in [-0.2, 0) is 0 Å². The van der Waals surface area contributed by atoms with Crippen LogP contribution in [-0.4, -0.2) is 28.4 Å². The van der Waals surface area contributed by atoms with Crippen molar-refractivity contribution >= 4 is 33.6 Å². The summed E-state index contributed by atoms with van der Waals surface area (Å²) in [4.78, 5) is 15.9. The number of hydrogen-bond acceptors (Lipinski definition) is 3. The van der Waals surface area contributed by atoms with Crippen molar-refractivity contribution in [3.05, 3.63) is 28.5 Å². The summed E-state index contributed by atoms with van der Waals surface area (Å²) in [6.45, 7) is 0.744. The van der Waals surface area contributed by atoms with Crippen molar-refractivity contribution in [2.24, 2.45) is 0 Å². The van der Waals surface area contributed by atoms with Crippen molar-refractivity contribution < 1.29 is 4.79 Å². The van der Waals surface area contributed by atoms with Gasteiger partial charge < -0.3 is 5.32 Å². The van der Waals surface area contributed by atoms with Gasteiger partial charge in [-0.05, 0) is 47.2 Å². The second-order valence-electron chi connectivity index (χ2n) is 3.91. The third-order valence-corrected chi connectivity index (χ3v) is 4.87. The monoisotopic (exact) mass is 300 g/mol. The Balaban J connectivity index is 1.96. The highest BCUT2D eigenvalue weighted by Crippen LogP contribution is 2.46. The summed E-state index contributed by atoms with van der Waals surface area (Å²) in [5.41, 5.74) is 0.597. The lowest BCUT2D eigenvalue weighted by Crippen LogP contribution is -2.31. The Kier molecular flexibility index (Phi) is 3.54. The van der Waals surface area contributed by atoms with Crippen molar-refractivity contribution in [3.8, 4) is 0 Å². The first-order chi connectivity index (χ1) is 7.67. The number of carbonyl (C=O) groups excluding carboxylic acids is 1. The molecule has 0 spiro atoms. The number of halogens is 1. The van der Waals surface area contributed by atoms with E-state index in [0.717, 1.165) is 6.54 Å². The molecule has 5 heteroatoms. The number of amides is 1. The zero-order chi connectivity index (χ0) is 11.6. The molecule has 0 radical (unpaired) electrons. The molecule has 1 fully saturated rings. The Morgan fingerprint density at radius 1 is 1.69 bits per heavy atom. The summed E-state index contributed by atoms with van der Waals surface area (Å²) >= 11 is 5.11. The number of pyridine rings is 1. The van der Waals surface area contributed by atoms with Gasteiger partial charge in [-0.15, -0.1) is 0 Å². The Morgan fingerprint density at radius 2 is 2.44 bits per heavy atom. The maximum absolute atomic E-state index is 11.9. The second kappa shape index (κ2) is 4.75. The molecule has 2 rings (SSSR count). The zero-order valence-electron chi connectivity index (χ0n) is 9.00. The lowest BCUT2D eigenvalue weighted by molar-refractivity contribution is 0.0952. The van der Waals surface area contributed by atoms with Crippen molar-refractivity contribution in [2.45, 2.75) is 17.6 Å². The molecule has 1 aromatic rings. The number of thioether (sulfide) groups is 1. The van der Waals surface area contributed by atoms with E-state index in [9.17, 15) is 4.79 Å². The van der Waals surface area contributed by atoms with E-state index in [4.69, 9.17) is 0 Å². The first-order valence-electron chi connectivity index (χ1n) is 5.11. The number of aromatic nitrogens is 1. The van der Waals surface area contributed by atoms with Crippen LogP contribution in [0.25, 0.3) is 0 Å². The number of nitrogens with zero attached hydrogens (tertiary/aromatic N) is 1. The minimum absolute atomic E-state index is 0.0553. The summed E-state index contributed by atoms with van der Waals surface area (Å²) in [5.74, 6) is -0.0553. The molecule has 1 aromatic heterocycles. The van der Waals surface area contributed by atoms with E-state index < -0.39 is 0 Å². The van der Waals surface area contributed by atoms with Gasteiger partial charge in [-0.3, -0.25) is 4.79 Å². The molecule has 0 atom stereocenters. The summed E-state index contributed by atoms with van der Waals surface area (Å²) < 4.78 is 0.895. The summed E-state index contributed by atoms with van der Waals surface area (Å²) in [6, 6.07) is 3.53. The van der Waals surface area contributed by atoms with Crippen LogP contribution in [0.4, 0.5) is 0 Å². The molecule has 0 aliphatic heterocycles. The van der Waals surface area contributed by atoms with Crippen LogP contribution in [0.15, 0.2) is 22.9 Å². The SMILES string of the molecule is CSC1(CNC(=O)c2cccnc2Br)CC1. The largest absolute Gasteiger partial charge is 0.351 e. The summed E-state index contributed by atoms with van der Waals surface area (Å²) in [7, 11) is 0. The van der Waals surface area contributed by atoms with Gasteiger partial charge in [0.15, 0.2) is 0 Å². The first kappa shape index (κ1) is 11.9. The maximum atomic E-state index is 11.9. The smallest absolute Gasteiger partial charge is 0.254 e. The predicted octanol–water partition coefficient (Wildman–Crippen LogP) is 2.47. The van der Waals surface area contributed by atoms with Crippen LogP contribution >= 0.6 is 27.7 Å². The van der Waals surface area contributed by atoms with Gasteiger partial charge in [0.2, 0.25) is 0 Å². The molecule has 0 bridgehead atoms. The average Bonchev–Trinajstić information content (AvgIpc) is 3.07. The van der Waals surface area contributed by atoms with Crippen LogP contribution in [0.5, 0.6) is 0 Å². The number of carbonyl (C=O) groups is 1. The Bertz CT molecular complexity index is 407.